The molecular weight excluding hydrogens is 290 g/mol. The maximum absolute atomic E-state index is 12.2. The molecule has 0 saturated heterocycles. The summed E-state index contributed by atoms with van der Waals surface area (Å²) in [6.45, 7) is 3.95. The Bertz CT molecular complexity index is 648. The van der Waals surface area contributed by atoms with Crippen LogP contribution in [0, 0.1) is 26.2 Å². The molecule has 1 rings (SSSR count). The van der Waals surface area contributed by atoms with Crippen molar-refractivity contribution < 1.29 is 13.2 Å². The van der Waals surface area contributed by atoms with Gasteiger partial charge in [0.2, 0.25) is 10.0 Å². The largest absolute Gasteiger partial charge is 0.337 e. The highest BCUT2D eigenvalue weighted by molar-refractivity contribution is 7.89. The second kappa shape index (κ2) is 7.67. The van der Waals surface area contributed by atoms with E-state index in [0.29, 0.717) is 5.56 Å². The van der Waals surface area contributed by atoms with E-state index in [4.69, 9.17) is 6.42 Å². The predicted molar refractivity (Wildman–Crippen MR) is 81.3 cm³/mol. The summed E-state index contributed by atoms with van der Waals surface area (Å²) in [6.07, 6.45) is 5.00. The van der Waals surface area contributed by atoms with Gasteiger partial charge in [-0.2, -0.15) is 0 Å². The molecule has 0 unspecified atom stereocenters. The highest BCUT2D eigenvalue weighted by atomic mass is 32.2. The normalized spacial score (nSPS) is 10.7. The zero-order valence-electron chi connectivity index (χ0n) is 12.1. The minimum Gasteiger partial charge on any atom is -0.337 e. The maximum atomic E-state index is 12.2. The van der Waals surface area contributed by atoms with Crippen LogP contribution in [0.2, 0.25) is 0 Å². The summed E-state index contributed by atoms with van der Waals surface area (Å²) in [5.74, 6) is 2.26. The molecule has 21 heavy (non-hydrogen) atoms. The zero-order valence-corrected chi connectivity index (χ0v) is 12.9. The van der Waals surface area contributed by atoms with Crippen LogP contribution < -0.4 is 15.4 Å². The van der Waals surface area contributed by atoms with Crippen molar-refractivity contribution in [3.63, 3.8) is 0 Å². The number of sulfonamides is 1. The molecule has 0 aliphatic heterocycles. The Morgan fingerprint density at radius 3 is 2.62 bits per heavy atom. The Morgan fingerprint density at radius 2 is 1.95 bits per heavy atom. The van der Waals surface area contributed by atoms with Crippen LogP contribution in [0.5, 0.6) is 0 Å². The fourth-order valence-electron chi connectivity index (χ4n) is 1.63. The molecule has 1 aromatic carbocycles. The van der Waals surface area contributed by atoms with Gasteiger partial charge in [-0.1, -0.05) is 18.1 Å². The van der Waals surface area contributed by atoms with Gasteiger partial charge in [0.1, 0.15) is 0 Å². The lowest BCUT2D eigenvalue weighted by atomic mass is 10.2. The number of rotatable bonds is 6. The average molecular weight is 309 g/mol. The minimum absolute atomic E-state index is 0.0964. The summed E-state index contributed by atoms with van der Waals surface area (Å²) in [5, 5.41) is 4.91. The molecule has 0 aromatic heterocycles. The fraction of sp³-hybridized carbons (Fsp3) is 0.357. The molecule has 0 radical (unpaired) electrons. The fourth-order valence-corrected chi connectivity index (χ4v) is 2.99. The molecular formula is C14H19N3O3S. The van der Waals surface area contributed by atoms with Gasteiger partial charge in [0.15, 0.2) is 0 Å². The SMILES string of the molecule is C#CCNC(=O)NCCNS(=O)(=O)c1cc(C)ccc1C. The molecule has 2 amide bonds. The third-order valence-corrected chi connectivity index (χ3v) is 4.29. The van der Waals surface area contributed by atoms with Crippen molar-refractivity contribution in [3.05, 3.63) is 29.3 Å². The molecule has 0 spiro atoms. The number of terminal acetylenes is 1. The van der Waals surface area contributed by atoms with E-state index < -0.39 is 16.1 Å². The van der Waals surface area contributed by atoms with Crippen molar-refractivity contribution in [1.29, 1.82) is 0 Å². The van der Waals surface area contributed by atoms with E-state index >= 15 is 0 Å². The monoisotopic (exact) mass is 309 g/mol. The summed E-state index contributed by atoms with van der Waals surface area (Å²) in [6, 6.07) is 4.80. The first-order chi connectivity index (χ1) is 9.86. The van der Waals surface area contributed by atoms with Gasteiger partial charge in [-0.15, -0.1) is 6.42 Å². The number of carbonyl (C=O) groups is 1. The van der Waals surface area contributed by atoms with E-state index in [1.54, 1.807) is 19.1 Å². The maximum Gasteiger partial charge on any atom is 0.315 e. The van der Waals surface area contributed by atoms with E-state index in [0.717, 1.165) is 5.56 Å². The molecule has 0 aliphatic rings. The van der Waals surface area contributed by atoms with E-state index in [1.165, 1.54) is 0 Å². The van der Waals surface area contributed by atoms with Crippen LogP contribution in [0.3, 0.4) is 0 Å². The van der Waals surface area contributed by atoms with Crippen LogP contribution in [0.25, 0.3) is 0 Å². The summed E-state index contributed by atoms with van der Waals surface area (Å²) in [4.78, 5) is 11.4. The number of hydrogen-bond donors (Lipinski definition) is 3. The van der Waals surface area contributed by atoms with Crippen LogP contribution in [-0.2, 0) is 10.0 Å². The minimum atomic E-state index is -3.58. The number of hydrogen-bond acceptors (Lipinski definition) is 3. The highest BCUT2D eigenvalue weighted by Crippen LogP contribution is 2.16. The van der Waals surface area contributed by atoms with Crippen molar-refractivity contribution in [1.82, 2.24) is 15.4 Å². The van der Waals surface area contributed by atoms with Crippen molar-refractivity contribution in [3.8, 4) is 12.3 Å². The Balaban J connectivity index is 2.53. The number of benzene rings is 1. The van der Waals surface area contributed by atoms with Gasteiger partial charge >= 0.3 is 6.03 Å². The Kier molecular flexibility index (Phi) is 6.21. The van der Waals surface area contributed by atoms with Crippen LogP contribution in [0.15, 0.2) is 23.1 Å². The lowest BCUT2D eigenvalue weighted by Crippen LogP contribution is -2.40. The third-order valence-electron chi connectivity index (χ3n) is 2.69. The molecule has 0 aliphatic carbocycles. The number of nitrogens with one attached hydrogen (secondary N) is 3. The lowest BCUT2D eigenvalue weighted by molar-refractivity contribution is 0.242. The molecule has 114 valence electrons. The standard InChI is InChI=1S/C14H19N3O3S/c1-4-7-15-14(18)16-8-9-17-21(19,20)13-10-11(2)5-6-12(13)3/h1,5-6,10,17H,7-9H2,2-3H3,(H2,15,16,18). The van der Waals surface area contributed by atoms with Gasteiger partial charge in [0.05, 0.1) is 11.4 Å². The second-order valence-electron chi connectivity index (χ2n) is 4.48. The van der Waals surface area contributed by atoms with Gasteiger partial charge in [0.25, 0.3) is 0 Å². The number of aryl methyl sites for hydroxylation is 2. The van der Waals surface area contributed by atoms with Gasteiger partial charge in [-0.05, 0) is 31.0 Å². The predicted octanol–water partition coefficient (Wildman–Crippen LogP) is 0.514. The van der Waals surface area contributed by atoms with Crippen LogP contribution >= 0.6 is 0 Å². The smallest absolute Gasteiger partial charge is 0.315 e. The van der Waals surface area contributed by atoms with Crippen molar-refractivity contribution in [2.45, 2.75) is 18.7 Å². The quantitative estimate of drug-likeness (QED) is 0.529. The Morgan fingerprint density at radius 1 is 1.24 bits per heavy atom. The van der Waals surface area contributed by atoms with E-state index in [1.807, 2.05) is 13.0 Å². The van der Waals surface area contributed by atoms with Gasteiger partial charge < -0.3 is 10.6 Å². The van der Waals surface area contributed by atoms with E-state index in [9.17, 15) is 13.2 Å². The van der Waals surface area contributed by atoms with Gasteiger partial charge in [-0.25, -0.2) is 17.9 Å². The topological polar surface area (TPSA) is 87.3 Å². The van der Waals surface area contributed by atoms with E-state index in [2.05, 4.69) is 21.3 Å². The molecule has 3 N–H and O–H groups in total. The van der Waals surface area contributed by atoms with Crippen molar-refractivity contribution in [2.24, 2.45) is 0 Å². The Hall–Kier alpha value is -2.04. The van der Waals surface area contributed by atoms with Crippen LogP contribution in [-0.4, -0.2) is 34.1 Å². The zero-order chi connectivity index (χ0) is 15.9. The molecule has 0 bridgehead atoms. The third kappa shape index (κ3) is 5.45. The van der Waals surface area contributed by atoms with Crippen LogP contribution in [0.4, 0.5) is 4.79 Å². The lowest BCUT2D eigenvalue weighted by Gasteiger charge is -2.10. The molecule has 1 aromatic rings. The Labute approximate surface area is 125 Å². The van der Waals surface area contributed by atoms with E-state index in [-0.39, 0.29) is 24.5 Å². The summed E-state index contributed by atoms with van der Waals surface area (Å²) >= 11 is 0. The number of amides is 2. The van der Waals surface area contributed by atoms with Crippen LogP contribution in [0.1, 0.15) is 11.1 Å². The molecule has 0 atom stereocenters. The molecule has 0 fully saturated rings. The highest BCUT2D eigenvalue weighted by Gasteiger charge is 2.16. The van der Waals surface area contributed by atoms with Crippen molar-refractivity contribution >= 4 is 16.1 Å². The number of carbonyl (C=O) groups excluding carboxylic acids is 1. The molecule has 0 saturated carbocycles. The first-order valence-electron chi connectivity index (χ1n) is 6.39. The molecule has 0 heterocycles. The van der Waals surface area contributed by atoms with Crippen molar-refractivity contribution in [2.75, 3.05) is 19.6 Å². The molecule has 6 nitrogen and oxygen atoms in total. The average Bonchev–Trinajstić information content (AvgIpc) is 2.44. The summed E-state index contributed by atoms with van der Waals surface area (Å²) < 4.78 is 26.8. The summed E-state index contributed by atoms with van der Waals surface area (Å²) in [5.41, 5.74) is 1.54. The first kappa shape index (κ1) is 17.0. The second-order valence-corrected chi connectivity index (χ2v) is 6.22. The van der Waals surface area contributed by atoms with Gasteiger partial charge in [0, 0.05) is 13.1 Å². The first-order valence-corrected chi connectivity index (χ1v) is 7.87. The number of urea groups is 1. The molecule has 7 heteroatoms. The van der Waals surface area contributed by atoms with Gasteiger partial charge in [-0.3, -0.25) is 0 Å². The summed E-state index contributed by atoms with van der Waals surface area (Å²) in [7, 11) is -3.58.